The predicted molar refractivity (Wildman–Crippen MR) is 76.4 cm³/mol. The molecule has 0 atom stereocenters. The number of halogens is 3. The number of rotatable bonds is 3. The highest BCUT2D eigenvalue weighted by molar-refractivity contribution is 9.10. The van der Waals surface area contributed by atoms with Gasteiger partial charge in [0.05, 0.1) is 15.1 Å². The van der Waals surface area contributed by atoms with Crippen LogP contribution in [0.4, 0.5) is 10.1 Å². The predicted octanol–water partition coefficient (Wildman–Crippen LogP) is 4.04. The zero-order valence-electron chi connectivity index (χ0n) is 9.40. The van der Waals surface area contributed by atoms with E-state index in [9.17, 15) is 12.8 Å². The summed E-state index contributed by atoms with van der Waals surface area (Å²) in [6.07, 6.45) is 0. The van der Waals surface area contributed by atoms with Gasteiger partial charge >= 0.3 is 0 Å². The number of benzene rings is 2. The number of hydrogen-bond acceptors (Lipinski definition) is 2. The monoisotopic (exact) mass is 363 g/mol. The summed E-state index contributed by atoms with van der Waals surface area (Å²) < 4.78 is 39.9. The van der Waals surface area contributed by atoms with Gasteiger partial charge in [-0.25, -0.2) is 12.8 Å². The smallest absolute Gasteiger partial charge is 0.261 e. The fraction of sp³-hybridized carbons (Fsp3) is 0. The van der Waals surface area contributed by atoms with E-state index in [2.05, 4.69) is 20.7 Å². The molecule has 7 heteroatoms. The van der Waals surface area contributed by atoms with Crippen molar-refractivity contribution in [1.29, 1.82) is 0 Å². The molecule has 0 amide bonds. The molecule has 2 aromatic rings. The molecule has 0 heterocycles. The molecule has 0 spiro atoms. The molecule has 0 saturated carbocycles. The van der Waals surface area contributed by atoms with Crippen LogP contribution in [-0.4, -0.2) is 8.42 Å². The quantitative estimate of drug-likeness (QED) is 0.893. The van der Waals surface area contributed by atoms with Crippen LogP contribution < -0.4 is 4.72 Å². The summed E-state index contributed by atoms with van der Waals surface area (Å²) in [4.78, 5) is 0.0558. The van der Waals surface area contributed by atoms with E-state index in [0.717, 1.165) is 6.07 Å². The Labute approximate surface area is 123 Å². The summed E-state index contributed by atoms with van der Waals surface area (Å²) in [7, 11) is -3.75. The number of hydrogen-bond donors (Lipinski definition) is 1. The summed E-state index contributed by atoms with van der Waals surface area (Å²) in [5, 5.41) is 0.439. The fourth-order valence-corrected chi connectivity index (χ4v) is 2.81. The van der Waals surface area contributed by atoms with Crippen LogP contribution in [0.5, 0.6) is 0 Å². The van der Waals surface area contributed by atoms with Gasteiger partial charge in [0.2, 0.25) is 0 Å². The number of anilines is 1. The van der Waals surface area contributed by atoms with Gasteiger partial charge in [-0.05, 0) is 58.4 Å². The minimum Gasteiger partial charge on any atom is -0.280 e. The van der Waals surface area contributed by atoms with Gasteiger partial charge in [0.25, 0.3) is 10.0 Å². The topological polar surface area (TPSA) is 46.2 Å². The molecule has 0 bridgehead atoms. The summed E-state index contributed by atoms with van der Waals surface area (Å²) >= 11 is 8.69. The summed E-state index contributed by atoms with van der Waals surface area (Å²) in [5.74, 6) is -0.545. The maximum atomic E-state index is 13.3. The van der Waals surface area contributed by atoms with Crippen molar-refractivity contribution < 1.29 is 12.8 Å². The molecule has 1 N–H and O–H groups in total. The molecule has 0 aliphatic carbocycles. The third kappa shape index (κ3) is 3.46. The zero-order valence-corrected chi connectivity index (χ0v) is 12.6. The summed E-state index contributed by atoms with van der Waals surface area (Å²) in [5.41, 5.74) is 0.149. The largest absolute Gasteiger partial charge is 0.280 e. The van der Waals surface area contributed by atoms with Crippen molar-refractivity contribution in [1.82, 2.24) is 0 Å². The van der Waals surface area contributed by atoms with Gasteiger partial charge in [-0.3, -0.25) is 4.72 Å². The van der Waals surface area contributed by atoms with E-state index in [0.29, 0.717) is 5.02 Å². The average Bonchev–Trinajstić information content (AvgIpc) is 2.34. The Kier molecular flexibility index (Phi) is 4.13. The molecule has 0 radical (unpaired) electrons. The number of sulfonamides is 1. The lowest BCUT2D eigenvalue weighted by molar-refractivity contribution is 0.601. The Morgan fingerprint density at radius 3 is 2.32 bits per heavy atom. The van der Waals surface area contributed by atoms with Crippen molar-refractivity contribution in [2.75, 3.05) is 4.72 Å². The fourth-order valence-electron chi connectivity index (χ4n) is 1.39. The lowest BCUT2D eigenvalue weighted by Gasteiger charge is -2.08. The van der Waals surface area contributed by atoms with Crippen LogP contribution in [0.2, 0.25) is 5.02 Å². The van der Waals surface area contributed by atoms with Gasteiger partial charge in [-0.1, -0.05) is 11.6 Å². The second kappa shape index (κ2) is 5.48. The van der Waals surface area contributed by atoms with Crippen LogP contribution in [0.25, 0.3) is 0 Å². The highest BCUT2D eigenvalue weighted by Crippen LogP contribution is 2.22. The highest BCUT2D eigenvalue weighted by Gasteiger charge is 2.14. The first-order valence-corrected chi connectivity index (χ1v) is 7.77. The molecule has 2 aromatic carbocycles. The molecular formula is C12H8BrClFNO2S. The molecular weight excluding hydrogens is 357 g/mol. The molecule has 0 aromatic heterocycles. The third-order valence-corrected chi connectivity index (χ3v) is 4.59. The normalized spacial score (nSPS) is 11.3. The molecule has 2 rings (SSSR count). The Hall–Kier alpha value is -1.11. The summed E-state index contributed by atoms with van der Waals surface area (Å²) in [6, 6.07) is 9.67. The van der Waals surface area contributed by atoms with Crippen molar-refractivity contribution in [3.05, 3.63) is 57.8 Å². The Balaban J connectivity index is 2.30. The van der Waals surface area contributed by atoms with Crippen LogP contribution in [0.1, 0.15) is 0 Å². The highest BCUT2D eigenvalue weighted by atomic mass is 79.9. The van der Waals surface area contributed by atoms with E-state index in [1.807, 2.05) is 0 Å². The van der Waals surface area contributed by atoms with Gasteiger partial charge in [0.15, 0.2) is 0 Å². The zero-order chi connectivity index (χ0) is 14.0. The van der Waals surface area contributed by atoms with E-state index in [4.69, 9.17) is 11.6 Å². The van der Waals surface area contributed by atoms with Crippen LogP contribution in [0.3, 0.4) is 0 Å². The van der Waals surface area contributed by atoms with Crippen molar-refractivity contribution in [3.63, 3.8) is 0 Å². The minimum atomic E-state index is -3.75. The first kappa shape index (κ1) is 14.3. The van der Waals surface area contributed by atoms with Crippen molar-refractivity contribution in [2.24, 2.45) is 0 Å². The molecule has 100 valence electrons. The van der Waals surface area contributed by atoms with E-state index >= 15 is 0 Å². The molecule has 0 aliphatic heterocycles. The first-order valence-electron chi connectivity index (χ1n) is 5.12. The maximum Gasteiger partial charge on any atom is 0.261 e. The van der Waals surface area contributed by atoms with Gasteiger partial charge in [-0.15, -0.1) is 0 Å². The Morgan fingerprint density at radius 2 is 1.74 bits per heavy atom. The van der Waals surface area contributed by atoms with Crippen molar-refractivity contribution >= 4 is 43.2 Å². The maximum absolute atomic E-state index is 13.3. The van der Waals surface area contributed by atoms with Gasteiger partial charge in [0.1, 0.15) is 5.82 Å². The minimum absolute atomic E-state index is 0.0558. The van der Waals surface area contributed by atoms with E-state index < -0.39 is 15.8 Å². The Bertz CT molecular complexity index is 704. The Morgan fingerprint density at radius 1 is 1.11 bits per heavy atom. The summed E-state index contributed by atoms with van der Waals surface area (Å²) in [6.45, 7) is 0. The molecule has 0 fully saturated rings. The van der Waals surface area contributed by atoms with Crippen LogP contribution in [0, 0.1) is 5.82 Å². The van der Waals surface area contributed by atoms with E-state index in [-0.39, 0.29) is 15.1 Å². The standard InChI is InChI=1S/C12H8BrClFNO2S/c13-11-6-3-9(7-12(11)15)16-19(17,18)10-4-1-8(14)2-5-10/h1-7,16H. The molecule has 0 unspecified atom stereocenters. The molecule has 3 nitrogen and oxygen atoms in total. The first-order chi connectivity index (χ1) is 8.88. The SMILES string of the molecule is O=S(=O)(Nc1ccc(Br)c(F)c1)c1ccc(Cl)cc1. The second-order valence-electron chi connectivity index (χ2n) is 3.69. The average molecular weight is 365 g/mol. The van der Waals surface area contributed by atoms with E-state index in [1.165, 1.54) is 36.4 Å². The lowest BCUT2D eigenvalue weighted by atomic mass is 10.3. The molecule has 0 saturated heterocycles. The van der Waals surface area contributed by atoms with Gasteiger partial charge in [-0.2, -0.15) is 0 Å². The lowest BCUT2D eigenvalue weighted by Crippen LogP contribution is -2.12. The van der Waals surface area contributed by atoms with Gasteiger partial charge < -0.3 is 0 Å². The van der Waals surface area contributed by atoms with Crippen LogP contribution in [0.15, 0.2) is 51.8 Å². The number of nitrogens with one attached hydrogen (secondary N) is 1. The van der Waals surface area contributed by atoms with E-state index in [1.54, 1.807) is 0 Å². The molecule has 19 heavy (non-hydrogen) atoms. The third-order valence-electron chi connectivity index (χ3n) is 2.30. The second-order valence-corrected chi connectivity index (χ2v) is 6.66. The van der Waals surface area contributed by atoms with Crippen molar-refractivity contribution in [2.45, 2.75) is 4.90 Å². The van der Waals surface area contributed by atoms with Crippen LogP contribution in [-0.2, 0) is 10.0 Å². The van der Waals surface area contributed by atoms with Gasteiger partial charge in [0, 0.05) is 5.02 Å². The van der Waals surface area contributed by atoms with Crippen molar-refractivity contribution in [3.8, 4) is 0 Å². The van der Waals surface area contributed by atoms with Crippen LogP contribution >= 0.6 is 27.5 Å². The molecule has 0 aliphatic rings.